The summed E-state index contributed by atoms with van der Waals surface area (Å²) in [5.41, 5.74) is 25.9. The number of aryl methyl sites for hydroxylation is 8. The van der Waals surface area contributed by atoms with Gasteiger partial charge >= 0.3 is 0 Å². The van der Waals surface area contributed by atoms with Gasteiger partial charge in [0.2, 0.25) is 0 Å². The monoisotopic (exact) mass is 2040 g/mol. The molecule has 0 aliphatic heterocycles. The fraction of sp³-hybridized carbons (Fsp3) is 0.421. The van der Waals surface area contributed by atoms with Gasteiger partial charge in [-0.05, 0) is 318 Å². The van der Waals surface area contributed by atoms with Crippen molar-refractivity contribution in [3.8, 4) is 11.5 Å². The Morgan fingerprint density at radius 3 is 1.05 bits per heavy atom. The van der Waals surface area contributed by atoms with Gasteiger partial charge in [0.25, 0.3) is 0 Å². The molecule has 764 valence electrons. The second kappa shape index (κ2) is 71.8. The van der Waals surface area contributed by atoms with Gasteiger partial charge in [0.15, 0.2) is 0 Å². The maximum atomic E-state index is 13.1. The van der Waals surface area contributed by atoms with E-state index in [0.717, 1.165) is 67.8 Å². The fourth-order valence-electron chi connectivity index (χ4n) is 12.9. The lowest BCUT2D eigenvalue weighted by Gasteiger charge is -2.08. The van der Waals surface area contributed by atoms with E-state index in [9.17, 15) is 8.78 Å². The highest BCUT2D eigenvalue weighted by molar-refractivity contribution is 7.98. The summed E-state index contributed by atoms with van der Waals surface area (Å²) in [6.45, 7) is 73.0. The van der Waals surface area contributed by atoms with Crippen LogP contribution in [-0.2, 0) is 12.8 Å². The Morgan fingerprint density at radius 2 is 0.729 bits per heavy atom. The molecule has 4 heterocycles. The van der Waals surface area contributed by atoms with Gasteiger partial charge in [-0.2, -0.15) is 0 Å². The molecule has 5 nitrogen and oxygen atoms in total. The van der Waals surface area contributed by atoms with Crippen molar-refractivity contribution in [2.45, 2.75) is 330 Å². The fourth-order valence-corrected chi connectivity index (χ4v) is 15.0. The SMILES string of the molecule is CC(C)c1ccc(CCCl)cc1.CC(C)c1csc(Cl)c1.CC(C)c1ncc(Cl)cc1F.CCOc1ccc(C(C)C)cc1.CCc1ccc(C(C)C)cc1.COc1ccc(C(C)C)cc1.CSc1ccc(C(C)C)cc1.Cc1cc(Cl)ccc1C(C)C.Cc1ccc(C(C)C)c(F)c1.Cc1ccc(C(C)C)cc1.Cc1ccc(C(C)C)cc1.Cc1ccc(C(C)C)nc1.Cc1nc(C(C)C)ccc1Cl. The minimum atomic E-state index is -0.326. The summed E-state index contributed by atoms with van der Waals surface area (Å²) in [4.78, 5) is 13.8. The lowest BCUT2D eigenvalue weighted by atomic mass is 9.98. The van der Waals surface area contributed by atoms with E-state index >= 15 is 0 Å². The van der Waals surface area contributed by atoms with Gasteiger partial charge in [0.1, 0.15) is 23.1 Å². The molecule has 0 aliphatic carbocycles. The van der Waals surface area contributed by atoms with Gasteiger partial charge in [0, 0.05) is 39.6 Å². The van der Waals surface area contributed by atoms with Gasteiger partial charge in [-0.1, -0.05) is 402 Å². The summed E-state index contributed by atoms with van der Waals surface area (Å²) in [6.07, 6.45) is 7.58. The van der Waals surface area contributed by atoms with Crippen LogP contribution in [0.4, 0.5) is 8.78 Å². The first-order valence-corrected chi connectivity index (χ1v) is 54.1. The molecule has 0 radical (unpaired) electrons. The van der Waals surface area contributed by atoms with Crippen LogP contribution in [0.25, 0.3) is 0 Å². The lowest BCUT2D eigenvalue weighted by Crippen LogP contribution is -1.96. The molecular weight excluding hydrogens is 1870 g/mol. The number of ether oxygens (including phenoxy) is 2. The summed E-state index contributed by atoms with van der Waals surface area (Å²) < 4.78 is 37.3. The van der Waals surface area contributed by atoms with Crippen molar-refractivity contribution in [3.05, 3.63) is 409 Å². The Morgan fingerprint density at radius 1 is 0.343 bits per heavy atom. The summed E-state index contributed by atoms with van der Waals surface area (Å²) in [7, 11) is 1.68. The van der Waals surface area contributed by atoms with E-state index in [4.69, 9.17) is 67.5 Å². The number of halogens is 7. The third kappa shape index (κ3) is 55.3. The number of pyridine rings is 3. The number of nitrogens with zero attached hydrogens (tertiary/aromatic N) is 3. The number of thioether (sulfide) groups is 1. The highest BCUT2D eigenvalue weighted by Gasteiger charge is 2.12. The molecule has 0 spiro atoms. The zero-order valence-electron chi connectivity index (χ0n) is 91.8. The van der Waals surface area contributed by atoms with Crippen molar-refractivity contribution in [3.63, 3.8) is 0 Å². The van der Waals surface area contributed by atoms with Crippen LogP contribution in [0.15, 0.2) is 265 Å². The van der Waals surface area contributed by atoms with Crippen molar-refractivity contribution in [2.75, 3.05) is 25.9 Å². The van der Waals surface area contributed by atoms with E-state index in [0.29, 0.717) is 81.7 Å². The van der Waals surface area contributed by atoms with E-state index in [1.807, 2.05) is 121 Å². The highest BCUT2D eigenvalue weighted by atomic mass is 35.5. The Labute approximate surface area is 883 Å². The molecule has 4 aromatic heterocycles. The van der Waals surface area contributed by atoms with Crippen molar-refractivity contribution in [2.24, 2.45) is 0 Å². The van der Waals surface area contributed by atoms with Crippen molar-refractivity contribution in [1.82, 2.24) is 15.0 Å². The molecule has 9 aromatic carbocycles. The molecule has 0 atom stereocenters. The molecule has 0 saturated carbocycles. The third-order valence-electron chi connectivity index (χ3n) is 22.4. The predicted octanol–water partition coefficient (Wildman–Crippen LogP) is 42.0. The van der Waals surface area contributed by atoms with E-state index in [2.05, 4.69) is 377 Å². The maximum Gasteiger partial charge on any atom is 0.146 e. The molecule has 0 unspecified atom stereocenters. The number of aromatic nitrogens is 3. The number of rotatable bonds is 20. The molecular formula is C126H172Cl5F2N3O2S2. The van der Waals surface area contributed by atoms with Gasteiger partial charge in [0.05, 0.1) is 39.5 Å². The van der Waals surface area contributed by atoms with Gasteiger partial charge < -0.3 is 9.47 Å². The summed E-state index contributed by atoms with van der Waals surface area (Å²) in [6, 6.07) is 83.1. The smallest absolute Gasteiger partial charge is 0.146 e. The minimum absolute atomic E-state index is 0.0833. The standard InChI is InChI=1S/C11H15Cl.C11H16O.C11H16.C10H13Cl.C10H13F.C10H14O.C10H14S.2C10H14.C9H12ClN.C9H13N.C8H9ClFN.C7H9ClS/c1-9(2)11-5-3-10(4-6-11)7-8-12;1-4-12-11-7-5-10(6-8-11)9(2)3;1-4-10-5-7-11(8-6-10)9(2)3;1-7(2)10-5-4-9(11)6-8(10)3;1-7(2)9-5-4-8(3)6-10(9)11;2*1-8(2)9-4-6-10(11-3)7-5-9;2*1-8(2)10-6-4-9(3)5-7-10;1-6(2)9-5-4-8(10)7(3)11-9;1-7(2)9-5-4-8(3)6-10-9;1-5(2)8-7(10)3-6(9)4-11-8;1-5(2)6-3-7(8)9-4-6/h3-6,9H,7-8H2,1-2H3;5-9H,4H2,1-3H3;5-9H,4H2,1-3H3;2*4-7H,1-3H3;2*4-8H,1-3H3;2*4-8H,1-3H3;4-6H,1-3H3;4-7H,1-3H3;3-5H,1-2H3;3-5H,1-2H3. The average molecular weight is 2040 g/mol. The Hall–Kier alpha value is -8.61. The van der Waals surface area contributed by atoms with E-state index < -0.39 is 0 Å². The molecule has 0 aliphatic rings. The van der Waals surface area contributed by atoms with Crippen LogP contribution in [0.1, 0.15) is 388 Å². The molecule has 0 fully saturated rings. The lowest BCUT2D eigenvalue weighted by molar-refractivity contribution is 0.340. The molecule has 0 bridgehead atoms. The number of benzene rings is 9. The first-order chi connectivity index (χ1) is 65.9. The average Bonchev–Trinajstić information content (AvgIpc) is 1.07. The summed E-state index contributed by atoms with van der Waals surface area (Å²) in [5.74, 6) is 9.20. The normalized spacial score (nSPS) is 10.5. The quantitative estimate of drug-likeness (QED) is 0.0560. The molecule has 140 heavy (non-hydrogen) atoms. The summed E-state index contributed by atoms with van der Waals surface area (Å²) >= 11 is 31.9. The second-order valence-electron chi connectivity index (χ2n) is 39.0. The van der Waals surface area contributed by atoms with E-state index in [1.165, 1.54) is 106 Å². The van der Waals surface area contributed by atoms with Crippen LogP contribution in [0.5, 0.6) is 11.5 Å². The van der Waals surface area contributed by atoms with Crippen molar-refractivity contribution in [1.29, 1.82) is 0 Å². The second-order valence-corrected chi connectivity index (χ2v) is 43.0. The van der Waals surface area contributed by atoms with Crippen LogP contribution in [0.2, 0.25) is 19.4 Å². The topological polar surface area (TPSA) is 57.1 Å². The first kappa shape index (κ1) is 129. The maximum absolute atomic E-state index is 13.1. The minimum Gasteiger partial charge on any atom is -0.497 e. The first-order valence-electron chi connectivity index (χ1n) is 49.9. The van der Waals surface area contributed by atoms with Crippen LogP contribution in [0.3, 0.4) is 0 Å². The molecule has 0 N–H and O–H groups in total. The van der Waals surface area contributed by atoms with Gasteiger partial charge in [-0.15, -0.1) is 34.7 Å². The predicted molar refractivity (Wildman–Crippen MR) is 620 cm³/mol. The largest absolute Gasteiger partial charge is 0.497 e. The Balaban J connectivity index is 0.000000759. The molecule has 13 rings (SSSR count). The van der Waals surface area contributed by atoms with Crippen LogP contribution in [0, 0.1) is 53.2 Å². The van der Waals surface area contributed by atoms with E-state index in [-0.39, 0.29) is 23.5 Å². The van der Waals surface area contributed by atoms with Crippen LogP contribution in [-0.4, -0.2) is 40.8 Å². The van der Waals surface area contributed by atoms with Crippen LogP contribution < -0.4 is 9.47 Å². The Bertz CT molecular complexity index is 4970. The zero-order valence-corrected chi connectivity index (χ0v) is 97.2. The molecule has 0 amide bonds. The van der Waals surface area contributed by atoms with Crippen LogP contribution >= 0.6 is 81.1 Å². The molecule has 14 heteroatoms. The molecule has 0 saturated heterocycles. The number of hydrogen-bond donors (Lipinski definition) is 0. The van der Waals surface area contributed by atoms with E-state index in [1.54, 1.807) is 36.3 Å². The number of thiophene rings is 1. The molecule has 13 aromatic rings. The number of hydrogen-bond acceptors (Lipinski definition) is 7. The Kier molecular flexibility index (Phi) is 66.3. The van der Waals surface area contributed by atoms with Gasteiger partial charge in [-0.3, -0.25) is 15.0 Å². The summed E-state index contributed by atoms with van der Waals surface area (Å²) in [5, 5.41) is 4.01. The highest BCUT2D eigenvalue weighted by Crippen LogP contribution is 2.29. The third-order valence-corrected chi connectivity index (χ3v) is 25.3. The number of methoxy groups -OCH3 is 1. The van der Waals surface area contributed by atoms with Gasteiger partial charge in [-0.25, -0.2) is 8.78 Å². The van der Waals surface area contributed by atoms with Crippen molar-refractivity contribution >= 4 is 81.1 Å². The zero-order chi connectivity index (χ0) is 106. The van der Waals surface area contributed by atoms with Crippen molar-refractivity contribution < 1.29 is 18.3 Å². The number of alkyl halides is 1.